The zero-order valence-electron chi connectivity index (χ0n) is 35.6. The minimum absolute atomic E-state index is 0.0982. The molecule has 0 aliphatic carbocycles. The van der Waals surface area contributed by atoms with Crippen molar-refractivity contribution in [1.29, 1.82) is 0 Å². The number of urea groups is 1. The SMILES string of the molecule is CCC(C)(OP(=O)(O)OC(C)(C)CC(C)C)c1ccc(NC(=O)[C@H](CCCNC(N)=O)NC(=O)[C@@H](NC(=O)C(C)(C)CC(C)(C)N2C(=O)C=CC2=O)C(C)C)cc1. The van der Waals surface area contributed by atoms with E-state index < -0.39 is 83.5 Å². The van der Waals surface area contributed by atoms with E-state index in [0.29, 0.717) is 24.1 Å². The lowest BCUT2D eigenvalue weighted by atomic mass is 9.78. The van der Waals surface area contributed by atoms with Crippen LogP contribution in [0.25, 0.3) is 0 Å². The fourth-order valence-electron chi connectivity index (χ4n) is 7.22. The molecule has 4 atom stereocenters. The van der Waals surface area contributed by atoms with E-state index in [-0.39, 0.29) is 31.7 Å². The fraction of sp³-hybridized carbons (Fsp3) is 0.650. The van der Waals surface area contributed by atoms with Gasteiger partial charge in [-0.1, -0.05) is 60.6 Å². The largest absolute Gasteiger partial charge is 0.473 e. The number of nitrogens with zero attached hydrogens (tertiary/aromatic N) is 1. The number of phosphoric acid groups is 1. The molecule has 7 N–H and O–H groups in total. The van der Waals surface area contributed by atoms with Gasteiger partial charge in [-0.3, -0.25) is 37.9 Å². The summed E-state index contributed by atoms with van der Waals surface area (Å²) in [5.41, 5.74) is 1.85. The summed E-state index contributed by atoms with van der Waals surface area (Å²) in [5, 5.41) is 10.8. The minimum Gasteiger partial charge on any atom is -0.352 e. The number of hydrogen-bond acceptors (Lipinski definition) is 9. The Bertz CT molecular complexity index is 1690. The van der Waals surface area contributed by atoms with Gasteiger partial charge in [-0.25, -0.2) is 9.36 Å². The summed E-state index contributed by atoms with van der Waals surface area (Å²) in [6.45, 7) is 21.2. The van der Waals surface area contributed by atoms with Crippen LogP contribution in [0.2, 0.25) is 0 Å². The number of primary amides is 1. The van der Waals surface area contributed by atoms with E-state index in [9.17, 15) is 38.2 Å². The molecule has 0 fully saturated rings. The molecule has 1 heterocycles. The molecule has 2 rings (SSSR count). The van der Waals surface area contributed by atoms with Crippen LogP contribution in [0.15, 0.2) is 36.4 Å². The van der Waals surface area contributed by atoms with Crippen LogP contribution in [-0.2, 0) is 43.2 Å². The molecule has 0 saturated carbocycles. The molecular formula is C40H65N6O10P. The second kappa shape index (κ2) is 19.6. The number of carbonyl (C=O) groups is 6. The molecular weight excluding hydrogens is 755 g/mol. The van der Waals surface area contributed by atoms with Gasteiger partial charge in [0.15, 0.2) is 0 Å². The molecule has 0 bridgehead atoms. The van der Waals surface area contributed by atoms with E-state index in [1.807, 2.05) is 13.8 Å². The Morgan fingerprint density at radius 2 is 1.44 bits per heavy atom. The van der Waals surface area contributed by atoms with Gasteiger partial charge in [0.1, 0.15) is 17.7 Å². The van der Waals surface area contributed by atoms with Crippen LogP contribution in [-0.4, -0.2) is 75.1 Å². The van der Waals surface area contributed by atoms with Crippen LogP contribution in [0.3, 0.4) is 0 Å². The summed E-state index contributed by atoms with van der Waals surface area (Å²) in [7, 11) is -4.51. The molecule has 0 aromatic heterocycles. The first kappa shape index (κ1) is 49.0. The maximum Gasteiger partial charge on any atom is 0.473 e. The van der Waals surface area contributed by atoms with Gasteiger partial charge in [0.2, 0.25) is 17.7 Å². The lowest BCUT2D eigenvalue weighted by molar-refractivity contribution is -0.146. The predicted octanol–water partition coefficient (Wildman–Crippen LogP) is 5.40. The molecule has 1 aliphatic heterocycles. The van der Waals surface area contributed by atoms with Crippen molar-refractivity contribution in [3.63, 3.8) is 0 Å². The molecule has 1 aromatic rings. The van der Waals surface area contributed by atoms with Gasteiger partial charge in [0.05, 0.1) is 5.60 Å². The normalized spacial score (nSPS) is 16.9. The first-order valence-electron chi connectivity index (χ1n) is 19.4. The van der Waals surface area contributed by atoms with Gasteiger partial charge in [0, 0.05) is 35.3 Å². The highest BCUT2D eigenvalue weighted by Crippen LogP contribution is 2.54. The van der Waals surface area contributed by atoms with Gasteiger partial charge in [-0.05, 0) is 96.3 Å². The molecule has 0 radical (unpaired) electrons. The first-order valence-corrected chi connectivity index (χ1v) is 20.9. The molecule has 57 heavy (non-hydrogen) atoms. The lowest BCUT2D eigenvalue weighted by Crippen LogP contribution is -2.57. The Morgan fingerprint density at radius 1 is 0.877 bits per heavy atom. The molecule has 0 saturated heterocycles. The average Bonchev–Trinajstić information content (AvgIpc) is 3.40. The average molecular weight is 821 g/mol. The quantitative estimate of drug-likeness (QED) is 0.0495. The fourth-order valence-corrected chi connectivity index (χ4v) is 8.70. The van der Waals surface area contributed by atoms with Crippen molar-refractivity contribution in [2.75, 3.05) is 11.9 Å². The molecule has 2 unspecified atom stereocenters. The van der Waals surface area contributed by atoms with Crippen molar-refractivity contribution in [3.8, 4) is 0 Å². The van der Waals surface area contributed by atoms with Gasteiger partial charge in [-0.15, -0.1) is 0 Å². The number of carbonyl (C=O) groups excluding carboxylic acids is 6. The van der Waals surface area contributed by atoms with E-state index in [2.05, 4.69) is 21.3 Å². The van der Waals surface area contributed by atoms with E-state index in [1.165, 1.54) is 12.2 Å². The number of benzene rings is 1. The van der Waals surface area contributed by atoms with Crippen molar-refractivity contribution >= 4 is 49.1 Å². The van der Waals surface area contributed by atoms with E-state index in [1.54, 1.807) is 93.5 Å². The second-order valence-electron chi connectivity index (χ2n) is 17.6. The van der Waals surface area contributed by atoms with Crippen molar-refractivity contribution in [3.05, 3.63) is 42.0 Å². The Kier molecular flexibility index (Phi) is 16.8. The van der Waals surface area contributed by atoms with E-state index >= 15 is 0 Å². The number of phosphoric ester groups is 1. The molecule has 17 heteroatoms. The number of imide groups is 1. The Hall–Kier alpha value is -4.11. The topological polar surface area (TPSA) is 236 Å². The number of nitrogens with two attached hydrogens (primary N) is 1. The maximum atomic E-state index is 13.8. The summed E-state index contributed by atoms with van der Waals surface area (Å²) in [6, 6.07) is 3.60. The molecule has 7 amide bonds. The van der Waals surface area contributed by atoms with Crippen LogP contribution in [0, 0.1) is 17.3 Å². The van der Waals surface area contributed by atoms with Gasteiger partial charge in [-0.2, -0.15) is 0 Å². The maximum absolute atomic E-state index is 13.8. The van der Waals surface area contributed by atoms with Crippen molar-refractivity contribution in [1.82, 2.24) is 20.9 Å². The number of anilines is 1. The van der Waals surface area contributed by atoms with Gasteiger partial charge < -0.3 is 31.9 Å². The van der Waals surface area contributed by atoms with E-state index in [0.717, 1.165) is 4.90 Å². The zero-order valence-corrected chi connectivity index (χ0v) is 36.5. The van der Waals surface area contributed by atoms with Crippen molar-refractivity contribution < 1.29 is 47.3 Å². The summed E-state index contributed by atoms with van der Waals surface area (Å²) in [4.78, 5) is 89.1. The standard InChI is InChI=1S/C40H65N6O10P/c1-13-40(12,56-57(53,54)55-39(10,11)23-25(2)3)27-16-18-28(19-17-27)43-33(49)29(15-14-22-42-36(41)52)44-34(50)32(26(4)5)45-35(51)37(6,7)24-38(8,9)46-30(47)20-21-31(46)48/h16-21,25-26,29,32H,13-15,22-24H2,1-12H3,(H,43,49)(H,44,50)(H,45,51)(H,53,54)(H3,41,42,52)/t29-,32-,40?/m0/s1. The van der Waals surface area contributed by atoms with Crippen LogP contribution >= 0.6 is 7.82 Å². The zero-order chi connectivity index (χ0) is 43.7. The van der Waals surface area contributed by atoms with E-state index in [4.69, 9.17) is 14.8 Å². The third-order valence-corrected chi connectivity index (χ3v) is 11.1. The third kappa shape index (κ3) is 14.7. The Labute approximate surface area is 337 Å². The van der Waals surface area contributed by atoms with Crippen LogP contribution < -0.4 is 27.0 Å². The molecule has 0 spiro atoms. The highest BCUT2D eigenvalue weighted by molar-refractivity contribution is 7.47. The van der Waals surface area contributed by atoms with Crippen molar-refractivity contribution in [2.45, 2.75) is 144 Å². The van der Waals surface area contributed by atoms with Gasteiger partial charge in [0.25, 0.3) is 11.8 Å². The number of nitrogens with one attached hydrogen (secondary N) is 4. The smallest absolute Gasteiger partial charge is 0.352 e. The summed E-state index contributed by atoms with van der Waals surface area (Å²) in [5.74, 6) is -2.82. The molecule has 320 valence electrons. The summed E-state index contributed by atoms with van der Waals surface area (Å²) in [6.07, 6.45) is 3.70. The highest BCUT2D eigenvalue weighted by atomic mass is 31.2. The molecule has 16 nitrogen and oxygen atoms in total. The highest BCUT2D eigenvalue weighted by Gasteiger charge is 2.44. The molecule has 1 aliphatic rings. The molecule has 1 aromatic carbocycles. The third-order valence-electron chi connectivity index (χ3n) is 9.76. The number of rotatable bonds is 22. The van der Waals surface area contributed by atoms with Crippen molar-refractivity contribution in [2.24, 2.45) is 23.0 Å². The van der Waals surface area contributed by atoms with Crippen LogP contribution in [0.4, 0.5) is 10.5 Å². The summed E-state index contributed by atoms with van der Waals surface area (Å²) >= 11 is 0. The van der Waals surface area contributed by atoms with Crippen LogP contribution in [0.1, 0.15) is 121 Å². The van der Waals surface area contributed by atoms with Gasteiger partial charge >= 0.3 is 13.9 Å². The minimum atomic E-state index is -4.51. The Balaban J connectivity index is 2.25. The number of hydrogen-bond donors (Lipinski definition) is 6. The Morgan fingerprint density at radius 3 is 1.93 bits per heavy atom. The summed E-state index contributed by atoms with van der Waals surface area (Å²) < 4.78 is 24.5. The number of amides is 7. The monoisotopic (exact) mass is 820 g/mol. The lowest BCUT2D eigenvalue weighted by Gasteiger charge is -2.40. The first-order chi connectivity index (χ1) is 26.0. The van der Waals surface area contributed by atoms with Crippen LogP contribution in [0.5, 0.6) is 0 Å². The second-order valence-corrected chi connectivity index (χ2v) is 18.9. The predicted molar refractivity (Wildman–Crippen MR) is 217 cm³/mol.